The van der Waals surface area contributed by atoms with Gasteiger partial charge in [0.05, 0.1) is 7.11 Å². The van der Waals surface area contributed by atoms with Crippen molar-refractivity contribution in [3.63, 3.8) is 0 Å². The summed E-state index contributed by atoms with van der Waals surface area (Å²) in [6.07, 6.45) is 1.78. The van der Waals surface area contributed by atoms with Crippen LogP contribution in [0.15, 0.2) is 29.3 Å². The topological polar surface area (TPSA) is 59.6 Å². The molecule has 0 fully saturated rings. The van der Waals surface area contributed by atoms with E-state index in [1.165, 1.54) is 0 Å². The Kier molecular flexibility index (Phi) is 7.58. The molecule has 1 amide bonds. The molecular weight excluding hydrogens is 360 g/mol. The zero-order chi connectivity index (χ0) is 17.5. The number of carbonyl (C=O) groups is 1. The van der Waals surface area contributed by atoms with Crippen LogP contribution in [0.1, 0.15) is 26.3 Å². The summed E-state index contributed by atoms with van der Waals surface area (Å²) in [7, 11) is 1.58. The third-order valence-corrected chi connectivity index (χ3v) is 3.58. The van der Waals surface area contributed by atoms with Crippen molar-refractivity contribution in [1.29, 1.82) is 0 Å². The molecule has 23 heavy (non-hydrogen) atoms. The molecule has 1 aromatic carbocycles. The third-order valence-electron chi connectivity index (χ3n) is 2.84. The Bertz CT molecular complexity index is 554. The lowest BCUT2D eigenvalue weighted by atomic mass is 10.1. The molecule has 2 N–H and O–H groups in total. The maximum atomic E-state index is 12.0. The maximum Gasteiger partial charge on any atom is 0.258 e. The minimum Gasteiger partial charge on any atom is -0.493 e. The van der Waals surface area contributed by atoms with Crippen molar-refractivity contribution in [2.45, 2.75) is 32.9 Å². The number of carbonyl (C=O) groups excluding carboxylic acids is 1. The van der Waals surface area contributed by atoms with E-state index >= 15 is 0 Å². The van der Waals surface area contributed by atoms with E-state index in [4.69, 9.17) is 9.47 Å². The van der Waals surface area contributed by atoms with Gasteiger partial charge in [0.25, 0.3) is 5.91 Å². The summed E-state index contributed by atoms with van der Waals surface area (Å²) < 4.78 is 12.0. The van der Waals surface area contributed by atoms with Gasteiger partial charge in [-0.2, -0.15) is 0 Å². The number of rotatable bonds is 8. The SMILES string of the molecule is C=CCNCc1c(Br)ccc(OC)c1OCC(=O)NC(C)(C)C. The van der Waals surface area contributed by atoms with E-state index < -0.39 is 0 Å². The van der Waals surface area contributed by atoms with Gasteiger partial charge >= 0.3 is 0 Å². The Morgan fingerprint density at radius 3 is 2.65 bits per heavy atom. The molecule has 0 radical (unpaired) electrons. The molecule has 6 heteroatoms. The van der Waals surface area contributed by atoms with Gasteiger partial charge in [0.1, 0.15) is 0 Å². The number of hydrogen-bond acceptors (Lipinski definition) is 4. The van der Waals surface area contributed by atoms with E-state index in [1.54, 1.807) is 19.3 Å². The highest BCUT2D eigenvalue weighted by molar-refractivity contribution is 9.10. The molecule has 0 heterocycles. The van der Waals surface area contributed by atoms with Gasteiger partial charge in [-0.3, -0.25) is 4.79 Å². The van der Waals surface area contributed by atoms with Crippen LogP contribution in [-0.2, 0) is 11.3 Å². The van der Waals surface area contributed by atoms with Crippen LogP contribution < -0.4 is 20.1 Å². The van der Waals surface area contributed by atoms with E-state index in [-0.39, 0.29) is 18.1 Å². The molecule has 0 spiro atoms. The van der Waals surface area contributed by atoms with Crippen LogP contribution in [-0.4, -0.2) is 31.7 Å². The van der Waals surface area contributed by atoms with E-state index in [0.717, 1.165) is 10.0 Å². The van der Waals surface area contributed by atoms with Crippen LogP contribution in [0, 0.1) is 0 Å². The van der Waals surface area contributed by atoms with E-state index in [2.05, 4.69) is 33.1 Å². The van der Waals surface area contributed by atoms with Crippen LogP contribution in [0.5, 0.6) is 11.5 Å². The number of amides is 1. The molecule has 0 aliphatic rings. The second kappa shape index (κ2) is 8.93. The quantitative estimate of drug-likeness (QED) is 0.534. The van der Waals surface area contributed by atoms with Crippen LogP contribution in [0.25, 0.3) is 0 Å². The summed E-state index contributed by atoms with van der Waals surface area (Å²) in [5.41, 5.74) is 0.602. The predicted octanol–water partition coefficient (Wildman–Crippen LogP) is 3.03. The molecule has 5 nitrogen and oxygen atoms in total. The fourth-order valence-corrected chi connectivity index (χ4v) is 2.41. The van der Waals surface area contributed by atoms with Gasteiger partial charge in [0, 0.05) is 28.7 Å². The number of hydrogen-bond donors (Lipinski definition) is 2. The highest BCUT2D eigenvalue weighted by Crippen LogP contribution is 2.36. The average Bonchev–Trinajstić information content (AvgIpc) is 2.45. The summed E-state index contributed by atoms with van der Waals surface area (Å²) in [5.74, 6) is 0.971. The molecule has 0 unspecified atom stereocenters. The van der Waals surface area contributed by atoms with Gasteiger partial charge < -0.3 is 20.1 Å². The largest absolute Gasteiger partial charge is 0.493 e. The number of ether oxygens (including phenoxy) is 2. The third kappa shape index (κ3) is 6.62. The molecule has 0 saturated carbocycles. The molecule has 0 saturated heterocycles. The summed E-state index contributed by atoms with van der Waals surface area (Å²) in [5, 5.41) is 6.09. The smallest absolute Gasteiger partial charge is 0.258 e. The van der Waals surface area contributed by atoms with Crippen molar-refractivity contribution in [1.82, 2.24) is 10.6 Å². The summed E-state index contributed by atoms with van der Waals surface area (Å²) >= 11 is 3.52. The Labute approximate surface area is 146 Å². The molecule has 0 aliphatic heterocycles. The number of benzene rings is 1. The Morgan fingerprint density at radius 1 is 1.39 bits per heavy atom. The second-order valence-corrected chi connectivity index (χ2v) is 6.92. The van der Waals surface area contributed by atoms with E-state index in [0.29, 0.717) is 24.6 Å². The molecule has 0 aliphatic carbocycles. The van der Waals surface area contributed by atoms with Gasteiger partial charge in [-0.1, -0.05) is 22.0 Å². The predicted molar refractivity (Wildman–Crippen MR) is 96.0 cm³/mol. The Morgan fingerprint density at radius 2 is 2.09 bits per heavy atom. The number of halogens is 1. The minimum atomic E-state index is -0.295. The molecule has 1 rings (SSSR count). The molecule has 1 aromatic rings. The van der Waals surface area contributed by atoms with Gasteiger partial charge in [-0.05, 0) is 32.9 Å². The Balaban J connectivity index is 2.91. The highest BCUT2D eigenvalue weighted by Gasteiger charge is 2.18. The summed E-state index contributed by atoms with van der Waals surface area (Å²) in [4.78, 5) is 12.0. The number of nitrogens with one attached hydrogen (secondary N) is 2. The van der Waals surface area contributed by atoms with Crippen LogP contribution in [0.4, 0.5) is 0 Å². The van der Waals surface area contributed by atoms with Crippen LogP contribution in [0.3, 0.4) is 0 Å². The zero-order valence-electron chi connectivity index (χ0n) is 14.2. The van der Waals surface area contributed by atoms with Crippen molar-refractivity contribution >= 4 is 21.8 Å². The van der Waals surface area contributed by atoms with Crippen molar-refractivity contribution in [3.8, 4) is 11.5 Å². The normalized spacial score (nSPS) is 11.0. The summed E-state index contributed by atoms with van der Waals surface area (Å²) in [6, 6.07) is 3.70. The lowest BCUT2D eigenvalue weighted by Gasteiger charge is -2.21. The first-order valence-corrected chi connectivity index (χ1v) is 8.18. The van der Waals surface area contributed by atoms with E-state index in [9.17, 15) is 4.79 Å². The average molecular weight is 385 g/mol. The first-order chi connectivity index (χ1) is 10.8. The zero-order valence-corrected chi connectivity index (χ0v) is 15.7. The van der Waals surface area contributed by atoms with Gasteiger partial charge in [-0.15, -0.1) is 6.58 Å². The fraction of sp³-hybridized carbons (Fsp3) is 0.471. The first kappa shape index (κ1) is 19.5. The minimum absolute atomic E-state index is 0.0709. The molecular formula is C17H25BrN2O3. The van der Waals surface area contributed by atoms with Crippen molar-refractivity contribution in [3.05, 3.63) is 34.8 Å². The second-order valence-electron chi connectivity index (χ2n) is 6.06. The lowest BCUT2D eigenvalue weighted by molar-refractivity contribution is -0.124. The molecule has 128 valence electrons. The first-order valence-electron chi connectivity index (χ1n) is 7.39. The number of methoxy groups -OCH3 is 1. The van der Waals surface area contributed by atoms with Crippen LogP contribution >= 0.6 is 15.9 Å². The summed E-state index contributed by atoms with van der Waals surface area (Å²) in [6.45, 7) is 10.6. The Hall–Kier alpha value is -1.53. The molecule has 0 atom stereocenters. The molecule has 0 bridgehead atoms. The van der Waals surface area contributed by atoms with Crippen LogP contribution in [0.2, 0.25) is 0 Å². The standard InChI is InChI=1S/C17H25BrN2O3/c1-6-9-19-10-12-13(18)7-8-14(22-5)16(12)23-11-15(21)20-17(2,3)4/h6-8,19H,1,9-11H2,2-5H3,(H,20,21). The van der Waals surface area contributed by atoms with Crippen molar-refractivity contribution in [2.24, 2.45) is 0 Å². The lowest BCUT2D eigenvalue weighted by Crippen LogP contribution is -2.43. The highest BCUT2D eigenvalue weighted by atomic mass is 79.9. The molecule has 0 aromatic heterocycles. The maximum absolute atomic E-state index is 12.0. The fourth-order valence-electron chi connectivity index (χ4n) is 1.96. The van der Waals surface area contributed by atoms with Crippen molar-refractivity contribution < 1.29 is 14.3 Å². The monoisotopic (exact) mass is 384 g/mol. The van der Waals surface area contributed by atoms with E-state index in [1.807, 2.05) is 26.8 Å². The van der Waals surface area contributed by atoms with Gasteiger partial charge in [0.15, 0.2) is 18.1 Å². The van der Waals surface area contributed by atoms with Gasteiger partial charge in [0.2, 0.25) is 0 Å². The van der Waals surface area contributed by atoms with Crippen molar-refractivity contribution in [2.75, 3.05) is 20.3 Å². The van der Waals surface area contributed by atoms with Gasteiger partial charge in [-0.25, -0.2) is 0 Å².